The molecule has 2 aliphatic carbocycles. The number of halogens is 6. The summed E-state index contributed by atoms with van der Waals surface area (Å²) in [5, 5.41) is 14.5. The SMILES string of the molecule is CC(C)(C)[C@H](NC(=O)C(F)(F)C(F)(F)F)C(=O)N1CC2C3CC(F)C(C3)C2C1(C(N)=O)[C@@H](C#N)C[C@H]1CCNC1=O. The molecule has 228 valence electrons. The van der Waals surface area contributed by atoms with Crippen LogP contribution in [0.2, 0.25) is 0 Å². The average molecular weight is 594 g/mol. The number of rotatable bonds is 7. The molecule has 9 atom stereocenters. The zero-order chi connectivity index (χ0) is 30.9. The van der Waals surface area contributed by atoms with Crippen LogP contribution in [0.4, 0.5) is 26.3 Å². The number of fused-ring (bicyclic) bond motifs is 5. The molecule has 2 heterocycles. The van der Waals surface area contributed by atoms with Crippen LogP contribution in [0.3, 0.4) is 0 Å². The Morgan fingerprint density at radius 1 is 1.17 bits per heavy atom. The molecule has 6 unspecified atom stereocenters. The highest BCUT2D eigenvalue weighted by atomic mass is 19.4. The third kappa shape index (κ3) is 4.70. The van der Waals surface area contributed by atoms with Gasteiger partial charge >= 0.3 is 18.0 Å². The van der Waals surface area contributed by atoms with Crippen LogP contribution in [0.15, 0.2) is 0 Å². The minimum absolute atomic E-state index is 0.141. The van der Waals surface area contributed by atoms with Crippen molar-refractivity contribution >= 4 is 23.6 Å². The smallest absolute Gasteiger partial charge is 0.368 e. The standard InChI is InChI=1S/C26H33F6N5O4/c1-23(2,3)18(36-22(41)25(28,29)26(30,31)32)20(39)37-10-15-12-7-14(16(27)8-12)17(15)24(37,21(34)40)13(9-33)6-11-4-5-35-19(11)38/h11-18H,4-8,10H2,1-3H3,(H2,34,40)(H,35,38)(H,36,41)/t11-,12?,13-,14?,15?,16?,17?,18-,24?/m1/s1. The fourth-order valence-electron chi connectivity index (χ4n) is 7.65. The molecule has 0 radical (unpaired) electrons. The van der Waals surface area contributed by atoms with Crippen molar-refractivity contribution in [3.8, 4) is 6.07 Å². The van der Waals surface area contributed by atoms with Gasteiger partial charge in [0.25, 0.3) is 0 Å². The number of nitrogens with zero attached hydrogens (tertiary/aromatic N) is 2. The molecule has 2 aliphatic heterocycles. The molecule has 0 aromatic heterocycles. The number of nitrogens with two attached hydrogens (primary N) is 1. The molecule has 4 fully saturated rings. The zero-order valence-corrected chi connectivity index (χ0v) is 22.7. The minimum atomic E-state index is -6.24. The molecule has 2 bridgehead atoms. The van der Waals surface area contributed by atoms with E-state index < -0.39 is 82.6 Å². The van der Waals surface area contributed by atoms with Crippen molar-refractivity contribution in [2.75, 3.05) is 13.1 Å². The lowest BCUT2D eigenvalue weighted by Crippen LogP contribution is -2.69. The van der Waals surface area contributed by atoms with E-state index in [0.717, 1.165) is 4.90 Å². The number of carbonyl (C=O) groups is 4. The van der Waals surface area contributed by atoms with E-state index in [9.17, 15) is 46.4 Å². The second kappa shape index (κ2) is 10.0. The van der Waals surface area contributed by atoms with E-state index in [-0.39, 0.29) is 31.2 Å². The van der Waals surface area contributed by atoms with Gasteiger partial charge in [-0.2, -0.15) is 27.2 Å². The molecule has 4 rings (SSSR count). The van der Waals surface area contributed by atoms with E-state index in [0.29, 0.717) is 19.4 Å². The van der Waals surface area contributed by atoms with Crippen LogP contribution in [0, 0.1) is 52.3 Å². The first-order valence-corrected chi connectivity index (χ1v) is 13.5. The van der Waals surface area contributed by atoms with Gasteiger partial charge in [-0.25, -0.2) is 4.39 Å². The maximum atomic E-state index is 15.1. The van der Waals surface area contributed by atoms with Gasteiger partial charge in [0.2, 0.25) is 17.7 Å². The molecule has 4 amide bonds. The van der Waals surface area contributed by atoms with Crippen molar-refractivity contribution < 1.29 is 45.5 Å². The fraction of sp³-hybridized carbons (Fsp3) is 0.808. The Morgan fingerprint density at radius 3 is 2.29 bits per heavy atom. The minimum Gasteiger partial charge on any atom is -0.368 e. The van der Waals surface area contributed by atoms with E-state index >= 15 is 4.39 Å². The van der Waals surface area contributed by atoms with Crippen molar-refractivity contribution in [1.29, 1.82) is 5.26 Å². The van der Waals surface area contributed by atoms with Crippen LogP contribution in [-0.4, -0.2) is 71.5 Å². The topological polar surface area (TPSA) is 145 Å². The van der Waals surface area contributed by atoms with Gasteiger partial charge in [-0.15, -0.1) is 0 Å². The summed E-state index contributed by atoms with van der Waals surface area (Å²) in [4.78, 5) is 53.2. The lowest BCUT2D eigenvalue weighted by atomic mass is 9.63. The highest BCUT2D eigenvalue weighted by Gasteiger charge is 2.72. The molecule has 9 nitrogen and oxygen atoms in total. The summed E-state index contributed by atoms with van der Waals surface area (Å²) in [5.74, 6) is -16.0. The lowest BCUT2D eigenvalue weighted by Gasteiger charge is -2.47. The van der Waals surface area contributed by atoms with Crippen molar-refractivity contribution in [3.63, 3.8) is 0 Å². The lowest BCUT2D eigenvalue weighted by molar-refractivity contribution is -0.270. The second-order valence-electron chi connectivity index (χ2n) is 12.8. The van der Waals surface area contributed by atoms with Gasteiger partial charge in [0, 0.05) is 24.9 Å². The third-order valence-corrected chi connectivity index (χ3v) is 9.50. The maximum absolute atomic E-state index is 15.1. The first-order valence-electron chi connectivity index (χ1n) is 13.5. The number of hydrogen-bond acceptors (Lipinski definition) is 5. The normalized spacial score (nSPS) is 34.5. The van der Waals surface area contributed by atoms with Gasteiger partial charge in [-0.3, -0.25) is 19.2 Å². The molecule has 0 aromatic carbocycles. The van der Waals surface area contributed by atoms with E-state index in [1.807, 2.05) is 6.07 Å². The summed E-state index contributed by atoms with van der Waals surface area (Å²) < 4.78 is 81.8. The molecule has 4 aliphatic rings. The molecule has 0 spiro atoms. The van der Waals surface area contributed by atoms with E-state index in [4.69, 9.17) is 5.73 Å². The summed E-state index contributed by atoms with van der Waals surface area (Å²) >= 11 is 0. The Bertz CT molecular complexity index is 1170. The summed E-state index contributed by atoms with van der Waals surface area (Å²) in [6.45, 7) is 4.01. The van der Waals surface area contributed by atoms with E-state index in [2.05, 4.69) is 5.32 Å². The van der Waals surface area contributed by atoms with Gasteiger partial charge in [0.1, 0.15) is 17.8 Å². The number of nitrogens with one attached hydrogen (secondary N) is 2. The molecular formula is C26H33F6N5O4. The molecule has 4 N–H and O–H groups in total. The number of amides is 4. The van der Waals surface area contributed by atoms with Crippen LogP contribution in [0.25, 0.3) is 0 Å². The van der Waals surface area contributed by atoms with Crippen LogP contribution in [0.1, 0.15) is 46.5 Å². The third-order valence-electron chi connectivity index (χ3n) is 9.50. The van der Waals surface area contributed by atoms with Crippen molar-refractivity contribution in [2.45, 2.75) is 76.3 Å². The molecule has 2 saturated heterocycles. The van der Waals surface area contributed by atoms with Crippen molar-refractivity contribution in [3.05, 3.63) is 0 Å². The van der Waals surface area contributed by atoms with Gasteiger partial charge in [-0.1, -0.05) is 20.8 Å². The summed E-state index contributed by atoms with van der Waals surface area (Å²) in [5.41, 5.74) is 2.31. The number of likely N-dealkylation sites (tertiary alicyclic amines) is 1. The van der Waals surface area contributed by atoms with Crippen molar-refractivity contribution in [2.24, 2.45) is 46.7 Å². The quantitative estimate of drug-likeness (QED) is 0.387. The highest BCUT2D eigenvalue weighted by Crippen LogP contribution is 2.63. The number of alkyl halides is 6. The zero-order valence-electron chi connectivity index (χ0n) is 22.7. The van der Waals surface area contributed by atoms with Crippen LogP contribution in [-0.2, 0) is 19.2 Å². The van der Waals surface area contributed by atoms with E-state index in [1.54, 1.807) is 0 Å². The van der Waals surface area contributed by atoms with Gasteiger partial charge in [-0.05, 0) is 48.9 Å². The highest BCUT2D eigenvalue weighted by molar-refractivity contribution is 5.97. The van der Waals surface area contributed by atoms with Crippen molar-refractivity contribution in [1.82, 2.24) is 15.5 Å². The number of nitriles is 1. The van der Waals surface area contributed by atoms with Crippen LogP contribution in [0.5, 0.6) is 0 Å². The average Bonchev–Trinajstić information content (AvgIpc) is 3.60. The Kier molecular flexibility index (Phi) is 7.57. The molecule has 0 aromatic rings. The first-order chi connectivity index (χ1) is 18.8. The predicted octanol–water partition coefficient (Wildman–Crippen LogP) is 2.06. The van der Waals surface area contributed by atoms with Gasteiger partial charge in [0.15, 0.2) is 0 Å². The Labute approximate surface area is 232 Å². The summed E-state index contributed by atoms with van der Waals surface area (Å²) in [7, 11) is 0. The Balaban J connectivity index is 1.81. The Hall–Kier alpha value is -3.05. The molecule has 15 heteroatoms. The van der Waals surface area contributed by atoms with Crippen LogP contribution >= 0.6 is 0 Å². The maximum Gasteiger partial charge on any atom is 0.463 e. The number of primary amides is 1. The van der Waals surface area contributed by atoms with Crippen LogP contribution < -0.4 is 16.4 Å². The number of carbonyl (C=O) groups excluding carboxylic acids is 4. The largest absolute Gasteiger partial charge is 0.463 e. The Morgan fingerprint density at radius 2 is 1.80 bits per heavy atom. The fourth-order valence-corrected chi connectivity index (χ4v) is 7.65. The molecular weight excluding hydrogens is 560 g/mol. The van der Waals surface area contributed by atoms with Gasteiger partial charge in [0.05, 0.1) is 12.0 Å². The van der Waals surface area contributed by atoms with Gasteiger partial charge < -0.3 is 21.3 Å². The summed E-state index contributed by atoms with van der Waals surface area (Å²) in [6.07, 6.45) is -7.00. The molecule has 41 heavy (non-hydrogen) atoms. The first kappa shape index (κ1) is 30.9. The predicted molar refractivity (Wildman–Crippen MR) is 129 cm³/mol. The monoisotopic (exact) mass is 593 g/mol. The number of hydrogen-bond donors (Lipinski definition) is 3. The van der Waals surface area contributed by atoms with E-state index in [1.165, 1.54) is 26.1 Å². The second-order valence-corrected chi connectivity index (χ2v) is 12.8. The molecule has 2 saturated carbocycles. The summed E-state index contributed by atoms with van der Waals surface area (Å²) in [6, 6.07) is -0.0111.